The minimum absolute atomic E-state index is 0.265. The minimum Gasteiger partial charge on any atom is -0.493 e. The summed E-state index contributed by atoms with van der Waals surface area (Å²) in [6.07, 6.45) is 0. The van der Waals surface area contributed by atoms with Gasteiger partial charge in [0.25, 0.3) is 0 Å². The molecule has 2 rings (SSSR count). The van der Waals surface area contributed by atoms with Crippen molar-refractivity contribution < 1.29 is 13.9 Å². The van der Waals surface area contributed by atoms with Gasteiger partial charge >= 0.3 is 0 Å². The molecule has 0 aliphatic rings. The number of hydrogen-bond donors (Lipinski definition) is 1. The molecule has 0 heterocycles. The molecule has 2 aromatic carbocycles. The summed E-state index contributed by atoms with van der Waals surface area (Å²) in [6.45, 7) is 0.299. The standard InChI is InChI=1S/C15H16FNO2/c1-17-13-6-7-14(15(9-13)18-2)19-10-11-4-3-5-12(16)8-11/h3-9,17H,10H2,1-2H3. The van der Waals surface area contributed by atoms with Crippen LogP contribution < -0.4 is 14.8 Å². The highest BCUT2D eigenvalue weighted by molar-refractivity contribution is 5.54. The Hall–Kier alpha value is -2.23. The molecule has 0 saturated heterocycles. The molecule has 0 aliphatic carbocycles. The van der Waals surface area contributed by atoms with Gasteiger partial charge in [0.2, 0.25) is 0 Å². The zero-order valence-electron chi connectivity index (χ0n) is 10.9. The van der Waals surface area contributed by atoms with Crippen LogP contribution in [0.1, 0.15) is 5.56 Å². The number of rotatable bonds is 5. The van der Waals surface area contributed by atoms with Crippen molar-refractivity contribution in [1.29, 1.82) is 0 Å². The second kappa shape index (κ2) is 6.09. The maximum Gasteiger partial charge on any atom is 0.162 e. The van der Waals surface area contributed by atoms with Crippen LogP contribution in [-0.4, -0.2) is 14.2 Å². The van der Waals surface area contributed by atoms with Gasteiger partial charge in [-0.25, -0.2) is 4.39 Å². The summed E-state index contributed by atoms with van der Waals surface area (Å²) in [5.74, 6) is 1.01. The molecule has 0 saturated carbocycles. The Morgan fingerprint density at radius 3 is 2.63 bits per heavy atom. The minimum atomic E-state index is -0.265. The van der Waals surface area contributed by atoms with E-state index < -0.39 is 0 Å². The summed E-state index contributed by atoms with van der Waals surface area (Å²) in [5.41, 5.74) is 1.72. The average molecular weight is 261 g/mol. The van der Waals surface area contributed by atoms with E-state index in [4.69, 9.17) is 9.47 Å². The van der Waals surface area contributed by atoms with Gasteiger partial charge in [-0.3, -0.25) is 0 Å². The smallest absolute Gasteiger partial charge is 0.162 e. The molecule has 1 N–H and O–H groups in total. The molecule has 19 heavy (non-hydrogen) atoms. The second-order valence-electron chi connectivity index (χ2n) is 4.03. The van der Waals surface area contributed by atoms with E-state index in [0.717, 1.165) is 11.3 Å². The number of benzene rings is 2. The van der Waals surface area contributed by atoms with Gasteiger partial charge in [0, 0.05) is 18.8 Å². The normalized spacial score (nSPS) is 10.1. The van der Waals surface area contributed by atoms with Crippen LogP contribution in [0.3, 0.4) is 0 Å². The quantitative estimate of drug-likeness (QED) is 0.894. The fourth-order valence-electron chi connectivity index (χ4n) is 1.73. The highest BCUT2D eigenvalue weighted by atomic mass is 19.1. The van der Waals surface area contributed by atoms with E-state index >= 15 is 0 Å². The van der Waals surface area contributed by atoms with Crippen molar-refractivity contribution in [2.75, 3.05) is 19.5 Å². The van der Waals surface area contributed by atoms with Crippen LogP contribution in [0, 0.1) is 5.82 Å². The number of nitrogens with one attached hydrogen (secondary N) is 1. The van der Waals surface area contributed by atoms with Crippen molar-refractivity contribution in [3.8, 4) is 11.5 Å². The van der Waals surface area contributed by atoms with Gasteiger partial charge in [0.05, 0.1) is 7.11 Å². The maximum atomic E-state index is 13.0. The lowest BCUT2D eigenvalue weighted by molar-refractivity contribution is 0.284. The Bertz CT molecular complexity index is 558. The third-order valence-corrected chi connectivity index (χ3v) is 2.74. The largest absolute Gasteiger partial charge is 0.493 e. The van der Waals surface area contributed by atoms with E-state index in [1.807, 2.05) is 31.3 Å². The molecular formula is C15H16FNO2. The summed E-state index contributed by atoms with van der Waals surface area (Å²) < 4.78 is 24.0. The predicted octanol–water partition coefficient (Wildman–Crippen LogP) is 3.46. The lowest BCUT2D eigenvalue weighted by Gasteiger charge is -2.12. The summed E-state index contributed by atoms with van der Waals surface area (Å²) in [4.78, 5) is 0. The second-order valence-corrected chi connectivity index (χ2v) is 4.03. The third kappa shape index (κ3) is 3.37. The van der Waals surface area contributed by atoms with Crippen molar-refractivity contribution in [3.63, 3.8) is 0 Å². The Balaban J connectivity index is 2.11. The van der Waals surface area contributed by atoms with Crippen LogP contribution >= 0.6 is 0 Å². The van der Waals surface area contributed by atoms with Crippen LogP contribution in [0.2, 0.25) is 0 Å². The van der Waals surface area contributed by atoms with Crippen molar-refractivity contribution in [2.45, 2.75) is 6.61 Å². The van der Waals surface area contributed by atoms with Crippen molar-refractivity contribution >= 4 is 5.69 Å². The van der Waals surface area contributed by atoms with Gasteiger partial charge in [-0.05, 0) is 29.8 Å². The molecule has 4 heteroatoms. The SMILES string of the molecule is CNc1ccc(OCc2cccc(F)c2)c(OC)c1. The van der Waals surface area contributed by atoms with Crippen LogP contribution in [-0.2, 0) is 6.61 Å². The van der Waals surface area contributed by atoms with Gasteiger partial charge in [0.1, 0.15) is 12.4 Å². The van der Waals surface area contributed by atoms with E-state index in [2.05, 4.69) is 5.32 Å². The van der Waals surface area contributed by atoms with Crippen LogP contribution in [0.5, 0.6) is 11.5 Å². The first-order valence-electron chi connectivity index (χ1n) is 5.96. The molecule has 0 aromatic heterocycles. The Kier molecular flexibility index (Phi) is 4.23. The zero-order valence-corrected chi connectivity index (χ0v) is 10.9. The third-order valence-electron chi connectivity index (χ3n) is 2.74. The molecule has 2 aromatic rings. The molecule has 0 aliphatic heterocycles. The first-order valence-corrected chi connectivity index (χ1v) is 5.96. The maximum absolute atomic E-state index is 13.0. The predicted molar refractivity (Wildman–Crippen MR) is 73.3 cm³/mol. The number of methoxy groups -OCH3 is 1. The monoisotopic (exact) mass is 261 g/mol. The Morgan fingerprint density at radius 2 is 1.95 bits per heavy atom. The fourth-order valence-corrected chi connectivity index (χ4v) is 1.73. The van der Waals surface area contributed by atoms with E-state index in [1.54, 1.807) is 13.2 Å². The highest BCUT2D eigenvalue weighted by Crippen LogP contribution is 2.30. The van der Waals surface area contributed by atoms with Gasteiger partial charge in [-0.15, -0.1) is 0 Å². The fraction of sp³-hybridized carbons (Fsp3) is 0.200. The van der Waals surface area contributed by atoms with Gasteiger partial charge in [0.15, 0.2) is 11.5 Å². The molecule has 0 unspecified atom stereocenters. The molecule has 100 valence electrons. The molecule has 3 nitrogen and oxygen atoms in total. The molecule has 0 fully saturated rings. The molecule has 0 spiro atoms. The van der Waals surface area contributed by atoms with Crippen molar-refractivity contribution in [3.05, 3.63) is 53.8 Å². The van der Waals surface area contributed by atoms with Crippen LogP contribution in [0.25, 0.3) is 0 Å². The molecule has 0 radical (unpaired) electrons. The Labute approximate surface area is 112 Å². The summed E-state index contributed by atoms with van der Waals surface area (Å²) in [6, 6.07) is 11.9. The van der Waals surface area contributed by atoms with E-state index in [0.29, 0.717) is 18.1 Å². The topological polar surface area (TPSA) is 30.5 Å². The van der Waals surface area contributed by atoms with Crippen molar-refractivity contribution in [1.82, 2.24) is 0 Å². The van der Waals surface area contributed by atoms with Crippen molar-refractivity contribution in [2.24, 2.45) is 0 Å². The average Bonchev–Trinajstić information content (AvgIpc) is 2.45. The van der Waals surface area contributed by atoms with E-state index in [1.165, 1.54) is 12.1 Å². The van der Waals surface area contributed by atoms with Crippen LogP contribution in [0.15, 0.2) is 42.5 Å². The number of ether oxygens (including phenoxy) is 2. The van der Waals surface area contributed by atoms with E-state index in [-0.39, 0.29) is 5.82 Å². The van der Waals surface area contributed by atoms with E-state index in [9.17, 15) is 4.39 Å². The van der Waals surface area contributed by atoms with Crippen LogP contribution in [0.4, 0.5) is 10.1 Å². The molecule has 0 amide bonds. The number of anilines is 1. The van der Waals surface area contributed by atoms with Gasteiger partial charge < -0.3 is 14.8 Å². The van der Waals surface area contributed by atoms with Gasteiger partial charge in [-0.1, -0.05) is 12.1 Å². The first kappa shape index (κ1) is 13.2. The molecular weight excluding hydrogens is 245 g/mol. The summed E-state index contributed by atoms with van der Waals surface area (Å²) >= 11 is 0. The molecule has 0 bridgehead atoms. The Morgan fingerprint density at radius 1 is 1.11 bits per heavy atom. The lowest BCUT2D eigenvalue weighted by atomic mass is 10.2. The van der Waals surface area contributed by atoms with Gasteiger partial charge in [-0.2, -0.15) is 0 Å². The number of hydrogen-bond acceptors (Lipinski definition) is 3. The molecule has 0 atom stereocenters. The summed E-state index contributed by atoms with van der Waals surface area (Å²) in [7, 11) is 3.42. The summed E-state index contributed by atoms with van der Waals surface area (Å²) in [5, 5.41) is 3.03. The first-order chi connectivity index (χ1) is 9.22. The number of halogens is 1. The lowest BCUT2D eigenvalue weighted by Crippen LogP contribution is -1.99. The highest BCUT2D eigenvalue weighted by Gasteiger charge is 2.06. The zero-order chi connectivity index (χ0) is 13.7.